The van der Waals surface area contributed by atoms with E-state index in [9.17, 15) is 19.5 Å². The molecule has 0 aliphatic rings. The summed E-state index contributed by atoms with van der Waals surface area (Å²) in [7, 11) is 0. The number of ether oxygens (including phenoxy) is 1. The van der Waals surface area contributed by atoms with E-state index in [0.717, 1.165) is 25.3 Å². The third-order valence-corrected chi connectivity index (χ3v) is 3.96. The molecule has 0 bridgehead atoms. The minimum atomic E-state index is -1.46. The molecule has 0 heterocycles. The Bertz CT molecular complexity index is 594. The fourth-order valence-corrected chi connectivity index (χ4v) is 2.61. The third-order valence-electron chi connectivity index (χ3n) is 3.96. The zero-order valence-corrected chi connectivity index (χ0v) is 14.6. The molecule has 0 spiro atoms. The molecule has 6 heteroatoms. The van der Waals surface area contributed by atoms with Crippen LogP contribution < -0.4 is 0 Å². The smallest absolute Gasteiger partial charge is 0.339 e. The maximum Gasteiger partial charge on any atom is 0.339 e. The van der Waals surface area contributed by atoms with Crippen molar-refractivity contribution in [2.24, 2.45) is 0 Å². The molecule has 0 saturated carbocycles. The van der Waals surface area contributed by atoms with Gasteiger partial charge in [-0.25, -0.2) is 14.4 Å². The minimum absolute atomic E-state index is 0.199. The van der Waals surface area contributed by atoms with Gasteiger partial charge in [-0.15, -0.1) is 0 Å². The molecule has 0 radical (unpaired) electrons. The molecule has 2 N–H and O–H groups in total. The van der Waals surface area contributed by atoms with Crippen molar-refractivity contribution >= 4 is 17.9 Å². The molecule has 0 saturated heterocycles. The Kier molecular flexibility index (Phi) is 9.29. The van der Waals surface area contributed by atoms with Gasteiger partial charge in [-0.2, -0.15) is 0 Å². The van der Waals surface area contributed by atoms with E-state index < -0.39 is 29.0 Å². The monoisotopic (exact) mass is 350 g/mol. The van der Waals surface area contributed by atoms with Crippen molar-refractivity contribution in [2.45, 2.75) is 58.3 Å². The number of aromatic carboxylic acids is 2. The Balaban J connectivity index is 2.47. The van der Waals surface area contributed by atoms with Crippen molar-refractivity contribution in [1.82, 2.24) is 0 Å². The molecule has 1 rings (SSSR count). The summed E-state index contributed by atoms with van der Waals surface area (Å²) < 4.78 is 5.10. The number of unbranched alkanes of at least 4 members (excludes halogenated alkanes) is 7. The fourth-order valence-electron chi connectivity index (χ4n) is 2.61. The van der Waals surface area contributed by atoms with E-state index in [4.69, 9.17) is 9.84 Å². The Morgan fingerprint density at radius 1 is 0.840 bits per heavy atom. The maximum atomic E-state index is 12.1. The quantitative estimate of drug-likeness (QED) is 0.428. The summed E-state index contributed by atoms with van der Waals surface area (Å²) in [5.41, 5.74) is -1.18. The summed E-state index contributed by atoms with van der Waals surface area (Å²) in [6.45, 7) is 2.38. The van der Waals surface area contributed by atoms with Gasteiger partial charge >= 0.3 is 17.9 Å². The van der Waals surface area contributed by atoms with Crippen LogP contribution in [0, 0.1) is 0 Å². The van der Waals surface area contributed by atoms with Gasteiger partial charge in [0.2, 0.25) is 0 Å². The van der Waals surface area contributed by atoms with E-state index in [2.05, 4.69) is 6.92 Å². The van der Waals surface area contributed by atoms with E-state index in [-0.39, 0.29) is 12.2 Å². The first kappa shape index (κ1) is 20.7. The van der Waals surface area contributed by atoms with Gasteiger partial charge in [-0.05, 0) is 18.6 Å². The van der Waals surface area contributed by atoms with Crippen LogP contribution in [0.4, 0.5) is 0 Å². The van der Waals surface area contributed by atoms with Gasteiger partial charge in [0.1, 0.15) is 0 Å². The normalized spacial score (nSPS) is 10.4. The summed E-state index contributed by atoms with van der Waals surface area (Å²) in [4.78, 5) is 34.5. The van der Waals surface area contributed by atoms with E-state index in [1.807, 2.05) is 0 Å². The molecule has 0 unspecified atom stereocenters. The number of carboxylic acids is 2. The third kappa shape index (κ3) is 6.95. The van der Waals surface area contributed by atoms with Crippen LogP contribution in [0.3, 0.4) is 0 Å². The van der Waals surface area contributed by atoms with Crippen molar-refractivity contribution in [3.63, 3.8) is 0 Å². The number of carbonyl (C=O) groups excluding carboxylic acids is 1. The van der Waals surface area contributed by atoms with E-state index in [1.54, 1.807) is 0 Å². The number of carboxylic acid groups (broad SMARTS) is 2. The Morgan fingerprint density at radius 2 is 1.40 bits per heavy atom. The Morgan fingerprint density at radius 3 is 1.96 bits per heavy atom. The van der Waals surface area contributed by atoms with Crippen molar-refractivity contribution in [2.75, 3.05) is 6.61 Å². The zero-order chi connectivity index (χ0) is 18.7. The van der Waals surface area contributed by atoms with Crippen LogP contribution in [0.1, 0.15) is 89.4 Å². The molecular formula is C19H26O6. The predicted molar refractivity (Wildman–Crippen MR) is 93.3 cm³/mol. The zero-order valence-electron chi connectivity index (χ0n) is 14.6. The lowest BCUT2D eigenvalue weighted by Gasteiger charge is -2.09. The second-order valence-corrected chi connectivity index (χ2v) is 5.95. The van der Waals surface area contributed by atoms with Gasteiger partial charge in [-0.1, -0.05) is 57.9 Å². The first-order valence-corrected chi connectivity index (χ1v) is 8.75. The van der Waals surface area contributed by atoms with Crippen LogP contribution in [0.2, 0.25) is 0 Å². The maximum absolute atomic E-state index is 12.1. The van der Waals surface area contributed by atoms with Crippen molar-refractivity contribution < 1.29 is 29.3 Å². The number of hydrogen-bond donors (Lipinski definition) is 2. The standard InChI is InChI=1S/C19H26O6/c1-2-3-4-5-6-7-8-9-13-25-19(24)15-12-10-11-14(17(20)21)16(15)18(22)23/h10-12H,2-9,13H2,1H3,(H,20,21)(H,22,23). The van der Waals surface area contributed by atoms with Gasteiger partial charge in [-0.3, -0.25) is 0 Å². The molecule has 0 aliphatic heterocycles. The average molecular weight is 350 g/mol. The first-order chi connectivity index (χ1) is 12.0. The second kappa shape index (κ2) is 11.2. The van der Waals surface area contributed by atoms with Gasteiger partial charge in [0.05, 0.1) is 23.3 Å². The highest BCUT2D eigenvalue weighted by Crippen LogP contribution is 2.17. The highest BCUT2D eigenvalue weighted by atomic mass is 16.5. The molecule has 0 aromatic heterocycles. The van der Waals surface area contributed by atoms with E-state index in [1.165, 1.54) is 37.8 Å². The second-order valence-electron chi connectivity index (χ2n) is 5.95. The van der Waals surface area contributed by atoms with Crippen LogP contribution in [-0.4, -0.2) is 34.7 Å². The van der Waals surface area contributed by atoms with Gasteiger partial charge < -0.3 is 14.9 Å². The Labute approximate surface area is 147 Å². The van der Waals surface area contributed by atoms with Gasteiger partial charge in [0.15, 0.2) is 0 Å². The lowest BCUT2D eigenvalue weighted by atomic mass is 10.0. The van der Waals surface area contributed by atoms with Crippen LogP contribution in [-0.2, 0) is 4.74 Å². The van der Waals surface area contributed by atoms with Crippen LogP contribution in [0.25, 0.3) is 0 Å². The number of benzene rings is 1. The van der Waals surface area contributed by atoms with Gasteiger partial charge in [0, 0.05) is 0 Å². The predicted octanol–water partition coefficient (Wildman–Crippen LogP) is 4.38. The molecule has 0 aliphatic carbocycles. The van der Waals surface area contributed by atoms with E-state index in [0.29, 0.717) is 6.42 Å². The van der Waals surface area contributed by atoms with Crippen LogP contribution in [0.5, 0.6) is 0 Å². The highest BCUT2D eigenvalue weighted by Gasteiger charge is 2.24. The molecule has 6 nitrogen and oxygen atoms in total. The summed E-state index contributed by atoms with van der Waals surface area (Å²) in [5.74, 6) is -3.66. The van der Waals surface area contributed by atoms with Gasteiger partial charge in [0.25, 0.3) is 0 Å². The SMILES string of the molecule is CCCCCCCCCCOC(=O)c1cccc(C(=O)O)c1C(=O)O. The van der Waals surface area contributed by atoms with Crippen molar-refractivity contribution in [3.8, 4) is 0 Å². The lowest BCUT2D eigenvalue weighted by Crippen LogP contribution is -2.16. The summed E-state index contributed by atoms with van der Waals surface area (Å²) in [5, 5.41) is 18.3. The topological polar surface area (TPSA) is 101 Å². The summed E-state index contributed by atoms with van der Waals surface area (Å²) >= 11 is 0. The molecule has 1 aromatic rings. The van der Waals surface area contributed by atoms with Crippen LogP contribution >= 0.6 is 0 Å². The molecule has 138 valence electrons. The van der Waals surface area contributed by atoms with Crippen molar-refractivity contribution in [3.05, 3.63) is 34.9 Å². The summed E-state index contributed by atoms with van der Waals surface area (Å²) in [6, 6.07) is 3.76. The number of hydrogen-bond acceptors (Lipinski definition) is 4. The molecule has 25 heavy (non-hydrogen) atoms. The number of rotatable bonds is 12. The fraction of sp³-hybridized carbons (Fsp3) is 0.526. The lowest BCUT2D eigenvalue weighted by molar-refractivity contribution is 0.0487. The Hall–Kier alpha value is -2.37. The molecule has 0 fully saturated rings. The highest BCUT2D eigenvalue weighted by molar-refractivity contribution is 6.09. The molecule has 1 aromatic carbocycles. The molecular weight excluding hydrogens is 324 g/mol. The number of carbonyl (C=O) groups is 3. The molecule has 0 atom stereocenters. The van der Waals surface area contributed by atoms with Crippen molar-refractivity contribution in [1.29, 1.82) is 0 Å². The first-order valence-electron chi connectivity index (χ1n) is 8.75. The average Bonchev–Trinajstić information content (AvgIpc) is 2.59. The number of esters is 1. The largest absolute Gasteiger partial charge is 0.478 e. The van der Waals surface area contributed by atoms with Crippen LogP contribution in [0.15, 0.2) is 18.2 Å². The molecule has 0 amide bonds. The van der Waals surface area contributed by atoms with E-state index >= 15 is 0 Å². The summed E-state index contributed by atoms with van der Waals surface area (Å²) in [6.07, 6.45) is 8.85. The minimum Gasteiger partial charge on any atom is -0.478 e.